The van der Waals surface area contributed by atoms with Crippen molar-refractivity contribution in [3.8, 4) is 0 Å². The normalized spacial score (nSPS) is 20.3. The molecular weight excluding hydrogens is 232 g/mol. The minimum atomic E-state index is 0.136. The van der Waals surface area contributed by atoms with Gasteiger partial charge >= 0.3 is 0 Å². The van der Waals surface area contributed by atoms with Crippen LogP contribution in [0.15, 0.2) is 23.6 Å². The van der Waals surface area contributed by atoms with Gasteiger partial charge in [0.1, 0.15) is 0 Å². The third kappa shape index (κ3) is 3.41. The van der Waals surface area contributed by atoms with Crippen molar-refractivity contribution >= 4 is 23.3 Å². The molecule has 1 N–H and O–H groups in total. The van der Waals surface area contributed by atoms with Crippen molar-refractivity contribution in [3.05, 3.63) is 28.5 Å². The topological polar surface area (TPSA) is 32.3 Å². The van der Waals surface area contributed by atoms with E-state index in [2.05, 4.69) is 5.32 Å². The number of hydrogen-bond acceptors (Lipinski definition) is 3. The van der Waals surface area contributed by atoms with Gasteiger partial charge in [0.25, 0.3) is 0 Å². The van der Waals surface area contributed by atoms with Gasteiger partial charge in [0.2, 0.25) is 5.91 Å². The standard InChI is InChI=1S/C13H18N2OS/c1-14-9-11-6-7-15(10-11)13(16)5-4-12-3-2-8-17-12/h2-5,8,11,14H,6-7,9-10H2,1H3/b5-4-/t11-/m1/s1. The first-order valence-electron chi connectivity index (χ1n) is 5.94. The predicted molar refractivity (Wildman–Crippen MR) is 72.0 cm³/mol. The van der Waals surface area contributed by atoms with Crippen LogP contribution >= 0.6 is 11.3 Å². The van der Waals surface area contributed by atoms with E-state index in [0.717, 1.165) is 30.9 Å². The molecule has 2 rings (SSSR count). The molecule has 1 aromatic heterocycles. The van der Waals surface area contributed by atoms with Crippen LogP contribution in [-0.4, -0.2) is 37.5 Å². The number of carbonyl (C=O) groups is 1. The molecule has 92 valence electrons. The van der Waals surface area contributed by atoms with Gasteiger partial charge in [-0.1, -0.05) is 6.07 Å². The van der Waals surface area contributed by atoms with Crippen molar-refractivity contribution in [2.45, 2.75) is 6.42 Å². The van der Waals surface area contributed by atoms with Crippen molar-refractivity contribution in [1.29, 1.82) is 0 Å². The second-order valence-corrected chi connectivity index (χ2v) is 5.32. The van der Waals surface area contributed by atoms with Gasteiger partial charge in [-0.05, 0) is 43.5 Å². The van der Waals surface area contributed by atoms with Crippen LogP contribution in [0.5, 0.6) is 0 Å². The first-order valence-corrected chi connectivity index (χ1v) is 6.82. The third-order valence-corrected chi connectivity index (χ3v) is 3.86. The van der Waals surface area contributed by atoms with Crippen LogP contribution in [0.3, 0.4) is 0 Å². The summed E-state index contributed by atoms with van der Waals surface area (Å²) in [4.78, 5) is 15.0. The quantitative estimate of drug-likeness (QED) is 0.827. The fourth-order valence-electron chi connectivity index (χ4n) is 2.13. The first kappa shape index (κ1) is 12.3. The number of hydrogen-bond donors (Lipinski definition) is 1. The summed E-state index contributed by atoms with van der Waals surface area (Å²) in [7, 11) is 1.96. The van der Waals surface area contributed by atoms with E-state index in [1.165, 1.54) is 0 Å². The Morgan fingerprint density at radius 3 is 3.29 bits per heavy atom. The Morgan fingerprint density at radius 2 is 2.59 bits per heavy atom. The number of carbonyl (C=O) groups excluding carboxylic acids is 1. The molecule has 17 heavy (non-hydrogen) atoms. The maximum atomic E-state index is 11.9. The maximum absolute atomic E-state index is 11.9. The largest absolute Gasteiger partial charge is 0.339 e. The van der Waals surface area contributed by atoms with Gasteiger partial charge in [0.15, 0.2) is 0 Å². The lowest BCUT2D eigenvalue weighted by atomic mass is 10.1. The Balaban J connectivity index is 1.85. The van der Waals surface area contributed by atoms with E-state index >= 15 is 0 Å². The van der Waals surface area contributed by atoms with Crippen molar-refractivity contribution < 1.29 is 4.79 Å². The van der Waals surface area contributed by atoms with Crippen LogP contribution < -0.4 is 5.32 Å². The van der Waals surface area contributed by atoms with Gasteiger partial charge in [0, 0.05) is 24.0 Å². The zero-order valence-electron chi connectivity index (χ0n) is 10.1. The van der Waals surface area contributed by atoms with Crippen molar-refractivity contribution in [3.63, 3.8) is 0 Å². The summed E-state index contributed by atoms with van der Waals surface area (Å²) < 4.78 is 0. The molecule has 1 amide bonds. The summed E-state index contributed by atoms with van der Waals surface area (Å²) in [5.41, 5.74) is 0. The monoisotopic (exact) mass is 250 g/mol. The Kier molecular flexibility index (Phi) is 4.34. The summed E-state index contributed by atoms with van der Waals surface area (Å²) in [6.07, 6.45) is 4.70. The zero-order valence-corrected chi connectivity index (χ0v) is 10.9. The molecule has 0 radical (unpaired) electrons. The molecular formula is C13H18N2OS. The number of nitrogens with one attached hydrogen (secondary N) is 1. The number of likely N-dealkylation sites (tertiary alicyclic amines) is 1. The van der Waals surface area contributed by atoms with E-state index in [1.54, 1.807) is 17.4 Å². The SMILES string of the molecule is CNC[C@H]1CCN(C(=O)/C=C\c2cccs2)C1. The van der Waals surface area contributed by atoms with Gasteiger partial charge < -0.3 is 10.2 Å². The lowest BCUT2D eigenvalue weighted by Gasteiger charge is -2.14. The molecule has 0 saturated carbocycles. The summed E-state index contributed by atoms with van der Waals surface area (Å²) in [6.45, 7) is 2.77. The molecule has 1 atom stereocenters. The summed E-state index contributed by atoms with van der Waals surface area (Å²) in [5, 5.41) is 5.19. The van der Waals surface area contributed by atoms with Crippen LogP contribution in [0.2, 0.25) is 0 Å². The highest BCUT2D eigenvalue weighted by Crippen LogP contribution is 2.16. The van der Waals surface area contributed by atoms with Gasteiger partial charge in [-0.15, -0.1) is 11.3 Å². The van der Waals surface area contributed by atoms with E-state index in [1.807, 2.05) is 35.5 Å². The summed E-state index contributed by atoms with van der Waals surface area (Å²) in [5.74, 6) is 0.746. The molecule has 3 nitrogen and oxygen atoms in total. The van der Waals surface area contributed by atoms with Crippen molar-refractivity contribution in [2.24, 2.45) is 5.92 Å². The molecule has 0 bridgehead atoms. The van der Waals surface area contributed by atoms with Gasteiger partial charge in [-0.2, -0.15) is 0 Å². The number of rotatable bonds is 4. The number of nitrogens with zero attached hydrogens (tertiary/aromatic N) is 1. The van der Waals surface area contributed by atoms with E-state index in [-0.39, 0.29) is 5.91 Å². The van der Waals surface area contributed by atoms with Crippen molar-refractivity contribution in [2.75, 3.05) is 26.7 Å². The van der Waals surface area contributed by atoms with Gasteiger partial charge in [0.05, 0.1) is 0 Å². The van der Waals surface area contributed by atoms with E-state index < -0.39 is 0 Å². The molecule has 1 saturated heterocycles. The third-order valence-electron chi connectivity index (χ3n) is 3.02. The molecule has 0 aromatic carbocycles. The highest BCUT2D eigenvalue weighted by atomic mass is 32.1. The Hall–Kier alpha value is -1.13. The van der Waals surface area contributed by atoms with Crippen LogP contribution in [-0.2, 0) is 4.79 Å². The molecule has 0 unspecified atom stereocenters. The first-order chi connectivity index (χ1) is 8.29. The second kappa shape index (κ2) is 5.98. The molecule has 1 aliphatic heterocycles. The van der Waals surface area contributed by atoms with Crippen LogP contribution in [0.25, 0.3) is 6.08 Å². The molecule has 4 heteroatoms. The van der Waals surface area contributed by atoms with Crippen LogP contribution in [0.4, 0.5) is 0 Å². The Morgan fingerprint density at radius 1 is 1.71 bits per heavy atom. The predicted octanol–water partition coefficient (Wildman–Crippen LogP) is 1.83. The minimum Gasteiger partial charge on any atom is -0.339 e. The molecule has 1 fully saturated rings. The maximum Gasteiger partial charge on any atom is 0.246 e. The van der Waals surface area contributed by atoms with Gasteiger partial charge in [-0.25, -0.2) is 0 Å². The number of thiophene rings is 1. The fraction of sp³-hybridized carbons (Fsp3) is 0.462. The van der Waals surface area contributed by atoms with Gasteiger partial charge in [-0.3, -0.25) is 4.79 Å². The van der Waals surface area contributed by atoms with Crippen molar-refractivity contribution in [1.82, 2.24) is 10.2 Å². The molecule has 0 spiro atoms. The molecule has 1 aliphatic rings. The second-order valence-electron chi connectivity index (χ2n) is 4.35. The average molecular weight is 250 g/mol. The van der Waals surface area contributed by atoms with Crippen LogP contribution in [0.1, 0.15) is 11.3 Å². The fourth-order valence-corrected chi connectivity index (χ4v) is 2.75. The lowest BCUT2D eigenvalue weighted by molar-refractivity contribution is -0.125. The van der Waals surface area contributed by atoms with E-state index in [0.29, 0.717) is 5.92 Å². The zero-order chi connectivity index (χ0) is 12.1. The molecule has 1 aromatic rings. The Labute approximate surface area is 106 Å². The molecule has 2 heterocycles. The smallest absolute Gasteiger partial charge is 0.246 e. The lowest BCUT2D eigenvalue weighted by Crippen LogP contribution is -2.28. The minimum absolute atomic E-state index is 0.136. The highest BCUT2D eigenvalue weighted by Gasteiger charge is 2.24. The summed E-state index contributed by atoms with van der Waals surface area (Å²) in [6, 6.07) is 4.01. The Bertz CT molecular complexity index is 386. The molecule has 0 aliphatic carbocycles. The average Bonchev–Trinajstić information content (AvgIpc) is 2.97. The van der Waals surface area contributed by atoms with Crippen LogP contribution in [0, 0.1) is 5.92 Å². The van der Waals surface area contributed by atoms with E-state index in [9.17, 15) is 4.79 Å². The van der Waals surface area contributed by atoms with E-state index in [4.69, 9.17) is 0 Å². The highest BCUT2D eigenvalue weighted by molar-refractivity contribution is 7.10. The summed E-state index contributed by atoms with van der Waals surface area (Å²) >= 11 is 1.65. The number of amides is 1.